The van der Waals surface area contributed by atoms with E-state index in [1.165, 1.54) is 18.2 Å². The number of carbonyl (C=O) groups excluding carboxylic acids is 2. The summed E-state index contributed by atoms with van der Waals surface area (Å²) in [6, 6.07) is 22.3. The quantitative estimate of drug-likeness (QED) is 0.446. The van der Waals surface area contributed by atoms with Gasteiger partial charge in [-0.2, -0.15) is 0 Å². The number of rotatable bonds is 9. The highest BCUT2D eigenvalue weighted by molar-refractivity contribution is 7.89. The Balaban J connectivity index is 1.60. The Morgan fingerprint density at radius 1 is 0.781 bits per heavy atom. The molecule has 0 unspecified atom stereocenters. The molecular weight excluding hydrogens is 450 g/mol. The molecule has 3 rings (SSSR count). The molecule has 3 aromatic carbocycles. The highest BCUT2D eigenvalue weighted by Gasteiger charge is 2.20. The van der Waals surface area contributed by atoms with E-state index >= 15 is 0 Å². The third-order valence-electron chi connectivity index (χ3n) is 4.53. The molecule has 7 nitrogen and oxygen atoms in total. The Hall–Kier alpha value is -3.20. The Labute approximate surface area is 191 Å². The van der Waals surface area contributed by atoms with Gasteiger partial charge in [0.05, 0.1) is 11.6 Å². The fourth-order valence-corrected chi connectivity index (χ4v) is 4.37. The first-order valence-corrected chi connectivity index (χ1v) is 11.6. The number of halogens is 1. The number of benzene rings is 3. The summed E-state index contributed by atoms with van der Waals surface area (Å²) in [5.41, 5.74) is 1.79. The normalized spacial score (nSPS) is 11.0. The molecule has 0 aliphatic heterocycles. The summed E-state index contributed by atoms with van der Waals surface area (Å²) in [7, 11) is -3.96. The Morgan fingerprint density at radius 2 is 1.38 bits per heavy atom. The van der Waals surface area contributed by atoms with E-state index in [2.05, 4.69) is 15.4 Å². The van der Waals surface area contributed by atoms with Crippen molar-refractivity contribution < 1.29 is 18.0 Å². The number of nitrogens with one attached hydrogen (secondary N) is 3. The van der Waals surface area contributed by atoms with E-state index in [-0.39, 0.29) is 34.5 Å². The molecule has 0 fully saturated rings. The van der Waals surface area contributed by atoms with Gasteiger partial charge in [0.1, 0.15) is 4.90 Å². The average Bonchev–Trinajstić information content (AvgIpc) is 2.81. The van der Waals surface area contributed by atoms with Crippen LogP contribution in [0.5, 0.6) is 0 Å². The second-order valence-corrected chi connectivity index (χ2v) is 9.04. The van der Waals surface area contributed by atoms with E-state index < -0.39 is 15.9 Å². The van der Waals surface area contributed by atoms with Crippen molar-refractivity contribution in [2.75, 3.05) is 6.54 Å². The summed E-state index contributed by atoms with van der Waals surface area (Å²) in [4.78, 5) is 24.2. The fourth-order valence-electron chi connectivity index (χ4n) is 2.82. The maximum atomic E-state index is 12.7. The van der Waals surface area contributed by atoms with Crippen molar-refractivity contribution in [2.24, 2.45) is 0 Å². The molecule has 9 heteroatoms. The lowest BCUT2D eigenvalue weighted by Gasteiger charge is -2.11. The summed E-state index contributed by atoms with van der Waals surface area (Å²) in [5, 5.41) is 5.17. The van der Waals surface area contributed by atoms with Crippen LogP contribution in [-0.2, 0) is 27.9 Å². The molecular formula is C23H22ClN3O4S. The summed E-state index contributed by atoms with van der Waals surface area (Å²) < 4.78 is 27.9. The maximum absolute atomic E-state index is 12.7. The molecule has 0 heterocycles. The first-order chi connectivity index (χ1) is 15.3. The molecule has 0 saturated heterocycles. The van der Waals surface area contributed by atoms with E-state index in [1.807, 2.05) is 36.4 Å². The lowest BCUT2D eigenvalue weighted by molar-refractivity contribution is -0.120. The molecule has 0 radical (unpaired) electrons. The third-order valence-corrected chi connectivity index (χ3v) is 6.42. The topological polar surface area (TPSA) is 104 Å². The van der Waals surface area contributed by atoms with Crippen LogP contribution in [0.25, 0.3) is 0 Å². The van der Waals surface area contributed by atoms with E-state index in [0.717, 1.165) is 11.1 Å². The molecule has 3 aromatic rings. The molecule has 0 aliphatic carbocycles. The first-order valence-electron chi connectivity index (χ1n) is 9.77. The minimum absolute atomic E-state index is 0.0114. The van der Waals surface area contributed by atoms with Gasteiger partial charge in [-0.05, 0) is 29.3 Å². The third kappa shape index (κ3) is 6.65. The molecule has 0 aliphatic rings. The van der Waals surface area contributed by atoms with Crippen molar-refractivity contribution in [3.63, 3.8) is 0 Å². The Morgan fingerprint density at radius 3 is 2.00 bits per heavy atom. The standard InChI is InChI=1S/C23H22ClN3O4S/c24-20-12-11-19(13-21(20)32(30,31)27-15-18-9-5-2-6-10-18)23(29)26-16-22(28)25-14-17-7-3-1-4-8-17/h1-13,27H,14-16H2,(H,25,28)(H,26,29). The van der Waals surface area contributed by atoms with Gasteiger partial charge in [-0.1, -0.05) is 72.3 Å². The van der Waals surface area contributed by atoms with E-state index in [4.69, 9.17) is 11.6 Å². The van der Waals surface area contributed by atoms with Gasteiger partial charge in [0.25, 0.3) is 5.91 Å². The average molecular weight is 472 g/mol. The van der Waals surface area contributed by atoms with Crippen molar-refractivity contribution in [1.82, 2.24) is 15.4 Å². The van der Waals surface area contributed by atoms with Crippen LogP contribution in [-0.4, -0.2) is 26.8 Å². The predicted octanol–water partition coefficient (Wildman–Crippen LogP) is 2.86. The summed E-state index contributed by atoms with van der Waals surface area (Å²) in [6.07, 6.45) is 0. The minimum atomic E-state index is -3.96. The summed E-state index contributed by atoms with van der Waals surface area (Å²) >= 11 is 6.08. The smallest absolute Gasteiger partial charge is 0.251 e. The second kappa shape index (κ2) is 10.9. The fraction of sp³-hybridized carbons (Fsp3) is 0.130. The molecule has 2 amide bonds. The molecule has 32 heavy (non-hydrogen) atoms. The van der Waals surface area contributed by atoms with Gasteiger partial charge in [0.15, 0.2) is 0 Å². The number of amides is 2. The van der Waals surface area contributed by atoms with Crippen molar-refractivity contribution in [3.8, 4) is 0 Å². The number of sulfonamides is 1. The first kappa shape index (κ1) is 23.5. The molecule has 3 N–H and O–H groups in total. The van der Waals surface area contributed by atoms with Gasteiger partial charge in [-0.25, -0.2) is 13.1 Å². The van der Waals surface area contributed by atoms with E-state index in [0.29, 0.717) is 6.54 Å². The summed E-state index contributed by atoms with van der Waals surface area (Å²) in [6.45, 7) is 0.173. The van der Waals surface area contributed by atoms with E-state index in [1.54, 1.807) is 24.3 Å². The lowest BCUT2D eigenvalue weighted by atomic mass is 10.2. The maximum Gasteiger partial charge on any atom is 0.251 e. The SMILES string of the molecule is O=C(CNC(=O)c1ccc(Cl)c(S(=O)(=O)NCc2ccccc2)c1)NCc1ccccc1. The van der Waals surface area contributed by atoms with Crippen LogP contribution < -0.4 is 15.4 Å². The lowest BCUT2D eigenvalue weighted by Crippen LogP contribution is -2.36. The highest BCUT2D eigenvalue weighted by Crippen LogP contribution is 2.23. The van der Waals surface area contributed by atoms with Crippen LogP contribution in [0.1, 0.15) is 21.5 Å². The molecule has 0 aromatic heterocycles. The van der Waals surface area contributed by atoms with Gasteiger partial charge in [0.2, 0.25) is 15.9 Å². The second-order valence-electron chi connectivity index (χ2n) is 6.90. The van der Waals surface area contributed by atoms with Crippen molar-refractivity contribution in [2.45, 2.75) is 18.0 Å². The molecule has 0 spiro atoms. The highest BCUT2D eigenvalue weighted by atomic mass is 35.5. The van der Waals surface area contributed by atoms with Crippen LogP contribution in [0, 0.1) is 0 Å². The molecule has 0 saturated carbocycles. The number of hydrogen-bond donors (Lipinski definition) is 3. The van der Waals surface area contributed by atoms with Crippen molar-refractivity contribution in [1.29, 1.82) is 0 Å². The van der Waals surface area contributed by atoms with Crippen LogP contribution in [0.15, 0.2) is 83.8 Å². The predicted molar refractivity (Wildman–Crippen MR) is 123 cm³/mol. The van der Waals surface area contributed by atoms with Crippen LogP contribution in [0.2, 0.25) is 5.02 Å². The largest absolute Gasteiger partial charge is 0.350 e. The monoisotopic (exact) mass is 471 g/mol. The van der Waals surface area contributed by atoms with Gasteiger partial charge < -0.3 is 10.6 Å². The van der Waals surface area contributed by atoms with Crippen LogP contribution >= 0.6 is 11.6 Å². The van der Waals surface area contributed by atoms with Crippen LogP contribution in [0.4, 0.5) is 0 Å². The zero-order chi connectivity index (χ0) is 23.0. The number of hydrogen-bond acceptors (Lipinski definition) is 4. The van der Waals surface area contributed by atoms with Crippen molar-refractivity contribution in [3.05, 3.63) is 101 Å². The van der Waals surface area contributed by atoms with E-state index in [9.17, 15) is 18.0 Å². The van der Waals surface area contributed by atoms with Crippen LogP contribution in [0.3, 0.4) is 0 Å². The van der Waals surface area contributed by atoms with Gasteiger partial charge in [0, 0.05) is 18.7 Å². The molecule has 0 bridgehead atoms. The van der Waals surface area contributed by atoms with Crippen molar-refractivity contribution >= 4 is 33.4 Å². The number of carbonyl (C=O) groups is 2. The summed E-state index contributed by atoms with van der Waals surface area (Å²) in [5.74, 6) is -0.954. The molecule has 0 atom stereocenters. The molecule has 166 valence electrons. The van der Waals surface area contributed by atoms with Gasteiger partial charge in [-0.15, -0.1) is 0 Å². The van der Waals surface area contributed by atoms with Gasteiger partial charge in [-0.3, -0.25) is 9.59 Å². The Bertz CT molecular complexity index is 1190. The zero-order valence-corrected chi connectivity index (χ0v) is 18.6. The van der Waals surface area contributed by atoms with Gasteiger partial charge >= 0.3 is 0 Å². The zero-order valence-electron chi connectivity index (χ0n) is 17.0. The Kier molecular flexibility index (Phi) is 7.99. The minimum Gasteiger partial charge on any atom is -0.350 e.